The van der Waals surface area contributed by atoms with Gasteiger partial charge in [0.2, 0.25) is 0 Å². The van der Waals surface area contributed by atoms with Gasteiger partial charge in [0.25, 0.3) is 5.91 Å². The third-order valence-electron chi connectivity index (χ3n) is 3.28. The van der Waals surface area contributed by atoms with E-state index >= 15 is 0 Å². The van der Waals surface area contributed by atoms with Crippen molar-refractivity contribution in [2.24, 2.45) is 5.73 Å². The Balaban J connectivity index is 2.13. The predicted octanol–water partition coefficient (Wildman–Crippen LogP) is 0.996. The molecule has 1 aliphatic heterocycles. The molecule has 2 N–H and O–H groups in total. The Kier molecular flexibility index (Phi) is 5.12. The molecule has 2 atom stereocenters. The molecule has 0 bridgehead atoms. The van der Waals surface area contributed by atoms with Crippen molar-refractivity contribution in [1.29, 1.82) is 0 Å². The number of thioether (sulfide) groups is 1. The number of hydrogen-bond acceptors (Lipinski definition) is 6. The Morgan fingerprint density at radius 1 is 1.36 bits per heavy atom. The second-order valence-corrected chi connectivity index (χ2v) is 8.66. The summed E-state index contributed by atoms with van der Waals surface area (Å²) in [7, 11) is -2.98. The fourth-order valence-electron chi connectivity index (χ4n) is 2.05. The molecule has 1 amide bonds. The highest BCUT2D eigenvalue weighted by atomic mass is 32.2. The number of primary amides is 1. The first-order chi connectivity index (χ1) is 10.3. The van der Waals surface area contributed by atoms with E-state index in [1.165, 1.54) is 18.7 Å². The minimum Gasteiger partial charge on any atom is -0.449 e. The van der Waals surface area contributed by atoms with Crippen LogP contribution in [0.2, 0.25) is 0 Å². The number of sulfone groups is 1. The minimum absolute atomic E-state index is 0.0764. The summed E-state index contributed by atoms with van der Waals surface area (Å²) in [5.41, 5.74) is 5.38. The number of carbonyl (C=O) groups excluding carboxylic acids is 2. The van der Waals surface area contributed by atoms with Crippen molar-refractivity contribution in [3.63, 3.8) is 0 Å². The summed E-state index contributed by atoms with van der Waals surface area (Å²) in [6.45, 7) is 1.40. The van der Waals surface area contributed by atoms with Gasteiger partial charge in [-0.05, 0) is 25.5 Å². The second kappa shape index (κ2) is 6.70. The Morgan fingerprint density at radius 2 is 2.05 bits per heavy atom. The Labute approximate surface area is 133 Å². The Hall–Kier alpha value is -1.54. The molecule has 1 heterocycles. The topological polar surface area (TPSA) is 104 Å². The molecule has 6 nitrogen and oxygen atoms in total. The van der Waals surface area contributed by atoms with Gasteiger partial charge in [-0.15, -0.1) is 11.8 Å². The van der Waals surface area contributed by atoms with Crippen LogP contribution in [0.15, 0.2) is 29.2 Å². The third-order valence-corrected chi connectivity index (χ3v) is 6.60. The van der Waals surface area contributed by atoms with Crippen molar-refractivity contribution >= 4 is 33.5 Å². The molecule has 1 saturated heterocycles. The lowest BCUT2D eigenvalue weighted by Crippen LogP contribution is -2.30. The van der Waals surface area contributed by atoms with Gasteiger partial charge in [0.15, 0.2) is 15.9 Å². The van der Waals surface area contributed by atoms with Gasteiger partial charge >= 0.3 is 5.97 Å². The summed E-state index contributed by atoms with van der Waals surface area (Å²) >= 11 is 1.35. The quantitative estimate of drug-likeness (QED) is 0.800. The van der Waals surface area contributed by atoms with E-state index in [2.05, 4.69) is 0 Å². The van der Waals surface area contributed by atoms with Crippen LogP contribution in [0.5, 0.6) is 0 Å². The van der Waals surface area contributed by atoms with Crippen LogP contribution in [-0.4, -0.2) is 43.2 Å². The SMILES string of the molecule is CC(OC(=O)c1ccccc1SC1CCS(=O)(=O)C1)C(N)=O. The first-order valence-corrected chi connectivity index (χ1v) is 9.45. The number of nitrogens with two attached hydrogens (primary N) is 1. The van der Waals surface area contributed by atoms with Crippen LogP contribution >= 0.6 is 11.8 Å². The van der Waals surface area contributed by atoms with Crippen LogP contribution in [0.25, 0.3) is 0 Å². The van der Waals surface area contributed by atoms with E-state index in [1.54, 1.807) is 24.3 Å². The first-order valence-electron chi connectivity index (χ1n) is 6.75. The molecule has 1 aliphatic rings. The zero-order valence-corrected chi connectivity index (χ0v) is 13.7. The number of esters is 1. The fraction of sp³-hybridized carbons (Fsp3) is 0.429. The molecule has 22 heavy (non-hydrogen) atoms. The molecule has 8 heteroatoms. The molecule has 1 aromatic rings. The van der Waals surface area contributed by atoms with Crippen LogP contribution in [0, 0.1) is 0 Å². The average molecular weight is 343 g/mol. The van der Waals surface area contributed by atoms with Crippen LogP contribution in [0.4, 0.5) is 0 Å². The molecule has 120 valence electrons. The lowest BCUT2D eigenvalue weighted by Gasteiger charge is -2.14. The van der Waals surface area contributed by atoms with E-state index < -0.39 is 27.8 Å². The van der Waals surface area contributed by atoms with Gasteiger partial charge in [-0.3, -0.25) is 4.79 Å². The standard InChI is InChI=1S/C14H17NO5S2/c1-9(13(15)16)20-14(17)11-4-2-3-5-12(11)21-10-6-7-22(18,19)8-10/h2-5,9-10H,6-8H2,1H3,(H2,15,16). The van der Waals surface area contributed by atoms with Crippen molar-refractivity contribution in [2.45, 2.75) is 29.6 Å². The molecule has 1 aromatic carbocycles. The number of rotatable bonds is 5. The van der Waals surface area contributed by atoms with Crippen molar-refractivity contribution < 1.29 is 22.7 Å². The van der Waals surface area contributed by atoms with Crippen LogP contribution in [-0.2, 0) is 19.4 Å². The maximum Gasteiger partial charge on any atom is 0.340 e. The zero-order chi connectivity index (χ0) is 16.3. The number of carbonyl (C=O) groups is 2. The third kappa shape index (κ3) is 4.23. The normalized spacial score (nSPS) is 21.2. The van der Waals surface area contributed by atoms with Gasteiger partial charge in [-0.2, -0.15) is 0 Å². The lowest BCUT2D eigenvalue weighted by molar-refractivity contribution is -0.125. The number of benzene rings is 1. The summed E-state index contributed by atoms with van der Waals surface area (Å²) < 4.78 is 28.0. The minimum atomic E-state index is -2.98. The van der Waals surface area contributed by atoms with E-state index in [1.807, 2.05) is 0 Å². The van der Waals surface area contributed by atoms with Gasteiger partial charge in [0, 0.05) is 10.1 Å². The maximum absolute atomic E-state index is 12.1. The van der Waals surface area contributed by atoms with Gasteiger partial charge in [0.1, 0.15) is 0 Å². The molecule has 0 radical (unpaired) electrons. The number of hydrogen-bond donors (Lipinski definition) is 1. The average Bonchev–Trinajstić information content (AvgIpc) is 2.78. The lowest BCUT2D eigenvalue weighted by atomic mass is 10.2. The molecule has 0 aromatic heterocycles. The summed E-state index contributed by atoms with van der Waals surface area (Å²) in [4.78, 5) is 23.7. The Morgan fingerprint density at radius 3 is 2.64 bits per heavy atom. The van der Waals surface area contributed by atoms with Crippen molar-refractivity contribution in [1.82, 2.24) is 0 Å². The van der Waals surface area contributed by atoms with Crippen LogP contribution < -0.4 is 5.73 Å². The second-order valence-electron chi connectivity index (χ2n) is 5.09. The van der Waals surface area contributed by atoms with Crippen LogP contribution in [0.1, 0.15) is 23.7 Å². The highest BCUT2D eigenvalue weighted by Crippen LogP contribution is 2.33. The zero-order valence-electron chi connectivity index (χ0n) is 12.0. The van der Waals surface area contributed by atoms with Gasteiger partial charge in [0.05, 0.1) is 17.1 Å². The van der Waals surface area contributed by atoms with Crippen molar-refractivity contribution in [2.75, 3.05) is 11.5 Å². The summed E-state index contributed by atoms with van der Waals surface area (Å²) in [5, 5.41) is -0.0764. The molecule has 2 rings (SSSR count). The smallest absolute Gasteiger partial charge is 0.340 e. The maximum atomic E-state index is 12.1. The van der Waals surface area contributed by atoms with Crippen LogP contribution in [0.3, 0.4) is 0 Å². The molecule has 2 unspecified atom stereocenters. The monoisotopic (exact) mass is 343 g/mol. The van der Waals surface area contributed by atoms with E-state index in [0.29, 0.717) is 16.9 Å². The van der Waals surface area contributed by atoms with Gasteiger partial charge in [-0.25, -0.2) is 13.2 Å². The van der Waals surface area contributed by atoms with E-state index in [4.69, 9.17) is 10.5 Å². The summed E-state index contributed by atoms with van der Waals surface area (Å²) in [6, 6.07) is 6.77. The van der Waals surface area contributed by atoms with Crippen molar-refractivity contribution in [3.8, 4) is 0 Å². The molecule has 0 aliphatic carbocycles. The van der Waals surface area contributed by atoms with Gasteiger partial charge in [-0.1, -0.05) is 12.1 Å². The predicted molar refractivity (Wildman–Crippen MR) is 83.4 cm³/mol. The fourth-order valence-corrected chi connectivity index (χ4v) is 5.67. The highest BCUT2D eigenvalue weighted by molar-refractivity contribution is 8.02. The highest BCUT2D eigenvalue weighted by Gasteiger charge is 2.30. The molecular formula is C14H17NO5S2. The van der Waals surface area contributed by atoms with E-state index in [-0.39, 0.29) is 16.8 Å². The Bertz CT molecular complexity index is 686. The van der Waals surface area contributed by atoms with E-state index in [0.717, 1.165) is 0 Å². The first kappa shape index (κ1) is 16.8. The van der Waals surface area contributed by atoms with E-state index in [9.17, 15) is 18.0 Å². The largest absolute Gasteiger partial charge is 0.449 e. The molecular weight excluding hydrogens is 326 g/mol. The number of amides is 1. The van der Waals surface area contributed by atoms with Gasteiger partial charge < -0.3 is 10.5 Å². The summed E-state index contributed by atoms with van der Waals surface area (Å²) in [5.74, 6) is -1.08. The van der Waals surface area contributed by atoms with Crippen molar-refractivity contribution in [3.05, 3.63) is 29.8 Å². The summed E-state index contributed by atoms with van der Waals surface area (Å²) in [6.07, 6.45) is -0.453. The molecule has 0 spiro atoms. The molecule has 1 fully saturated rings. The molecule has 0 saturated carbocycles. The number of ether oxygens (including phenoxy) is 1.